The van der Waals surface area contributed by atoms with E-state index in [0.717, 1.165) is 10.7 Å². The van der Waals surface area contributed by atoms with Crippen molar-refractivity contribution in [3.05, 3.63) is 57.6 Å². The Balaban J connectivity index is 2.35. The number of ether oxygens (including phenoxy) is 1. The fourth-order valence-corrected chi connectivity index (χ4v) is 1.62. The SMILES string of the molecule is COc1ccc(=O)n(Cc2ccc(C(=O)O)cc2F)n1. The normalized spacial score (nSPS) is 10.3. The first-order chi connectivity index (χ1) is 9.51. The number of aromatic carboxylic acids is 1. The third kappa shape index (κ3) is 2.82. The number of carboxylic acids is 1. The average Bonchev–Trinajstić information content (AvgIpc) is 2.43. The highest BCUT2D eigenvalue weighted by atomic mass is 19.1. The molecule has 7 heteroatoms. The van der Waals surface area contributed by atoms with Crippen LogP contribution in [0.15, 0.2) is 35.1 Å². The van der Waals surface area contributed by atoms with Crippen LogP contribution in [0.1, 0.15) is 15.9 Å². The zero-order valence-corrected chi connectivity index (χ0v) is 10.5. The number of aromatic nitrogens is 2. The van der Waals surface area contributed by atoms with E-state index < -0.39 is 17.3 Å². The predicted molar refractivity (Wildman–Crippen MR) is 67.5 cm³/mol. The van der Waals surface area contributed by atoms with Gasteiger partial charge in [-0.3, -0.25) is 4.79 Å². The lowest BCUT2D eigenvalue weighted by molar-refractivity contribution is 0.0696. The third-order valence-corrected chi connectivity index (χ3v) is 2.67. The first-order valence-corrected chi connectivity index (χ1v) is 5.65. The molecule has 0 saturated carbocycles. The van der Waals surface area contributed by atoms with Crippen molar-refractivity contribution in [2.45, 2.75) is 6.54 Å². The van der Waals surface area contributed by atoms with Crippen molar-refractivity contribution in [3.8, 4) is 5.88 Å². The van der Waals surface area contributed by atoms with E-state index in [1.165, 1.54) is 31.4 Å². The average molecular weight is 278 g/mol. The topological polar surface area (TPSA) is 81.4 Å². The van der Waals surface area contributed by atoms with Gasteiger partial charge in [0.2, 0.25) is 5.88 Å². The highest BCUT2D eigenvalue weighted by Gasteiger charge is 2.10. The number of hydrogen-bond acceptors (Lipinski definition) is 4. The van der Waals surface area contributed by atoms with Crippen molar-refractivity contribution >= 4 is 5.97 Å². The van der Waals surface area contributed by atoms with Crippen molar-refractivity contribution in [3.63, 3.8) is 0 Å². The second kappa shape index (κ2) is 5.52. The van der Waals surface area contributed by atoms with Crippen molar-refractivity contribution in [2.75, 3.05) is 7.11 Å². The van der Waals surface area contributed by atoms with Crippen molar-refractivity contribution in [2.24, 2.45) is 0 Å². The summed E-state index contributed by atoms with van der Waals surface area (Å²) in [6.45, 7) is -0.109. The highest BCUT2D eigenvalue weighted by molar-refractivity contribution is 5.87. The van der Waals surface area contributed by atoms with Gasteiger partial charge in [0.1, 0.15) is 5.82 Å². The molecule has 0 saturated heterocycles. The van der Waals surface area contributed by atoms with Gasteiger partial charge >= 0.3 is 5.97 Å². The number of carbonyl (C=O) groups is 1. The molecule has 1 aromatic carbocycles. The van der Waals surface area contributed by atoms with Crippen LogP contribution < -0.4 is 10.3 Å². The summed E-state index contributed by atoms with van der Waals surface area (Å²) >= 11 is 0. The third-order valence-electron chi connectivity index (χ3n) is 2.67. The lowest BCUT2D eigenvalue weighted by Gasteiger charge is -2.07. The lowest BCUT2D eigenvalue weighted by Crippen LogP contribution is -2.23. The maximum absolute atomic E-state index is 13.8. The first kappa shape index (κ1) is 13.7. The number of carboxylic acid groups (broad SMARTS) is 1. The Hall–Kier alpha value is -2.70. The largest absolute Gasteiger partial charge is 0.480 e. The van der Waals surface area contributed by atoms with Gasteiger partial charge in [-0.15, -0.1) is 5.10 Å². The van der Waals surface area contributed by atoms with E-state index in [2.05, 4.69) is 5.10 Å². The molecule has 0 amide bonds. The number of hydrogen-bond donors (Lipinski definition) is 1. The molecule has 0 radical (unpaired) electrons. The minimum Gasteiger partial charge on any atom is -0.480 e. The van der Waals surface area contributed by atoms with Crippen LogP contribution in [0.3, 0.4) is 0 Å². The number of methoxy groups -OCH3 is 1. The Kier molecular flexibility index (Phi) is 3.79. The molecule has 1 heterocycles. The van der Waals surface area contributed by atoms with E-state index in [4.69, 9.17) is 9.84 Å². The summed E-state index contributed by atoms with van der Waals surface area (Å²) in [5, 5.41) is 12.6. The van der Waals surface area contributed by atoms with Crippen LogP contribution >= 0.6 is 0 Å². The van der Waals surface area contributed by atoms with Gasteiger partial charge in [-0.05, 0) is 12.1 Å². The van der Waals surface area contributed by atoms with Gasteiger partial charge in [0.15, 0.2) is 0 Å². The molecule has 0 fully saturated rings. The maximum atomic E-state index is 13.8. The summed E-state index contributed by atoms with van der Waals surface area (Å²) < 4.78 is 19.7. The molecule has 1 aromatic heterocycles. The van der Waals surface area contributed by atoms with E-state index in [1.807, 2.05) is 0 Å². The molecule has 2 rings (SSSR count). The van der Waals surface area contributed by atoms with E-state index in [1.54, 1.807) is 0 Å². The van der Waals surface area contributed by atoms with Crippen LogP contribution in [-0.4, -0.2) is 28.0 Å². The Labute approximate surface area is 113 Å². The molecular weight excluding hydrogens is 267 g/mol. The molecular formula is C13H11FN2O4. The van der Waals surface area contributed by atoms with E-state index in [-0.39, 0.29) is 23.6 Å². The van der Waals surface area contributed by atoms with Crippen molar-refractivity contribution < 1.29 is 19.0 Å². The molecule has 2 aromatic rings. The number of benzene rings is 1. The van der Waals surface area contributed by atoms with E-state index >= 15 is 0 Å². The minimum atomic E-state index is -1.22. The van der Waals surface area contributed by atoms with E-state index in [9.17, 15) is 14.0 Å². The smallest absolute Gasteiger partial charge is 0.335 e. The molecule has 0 aliphatic heterocycles. The standard InChI is InChI=1S/C13H11FN2O4/c1-20-11-4-5-12(17)16(15-11)7-9-3-2-8(13(18)19)6-10(9)14/h2-6H,7H2,1H3,(H,18,19). The molecule has 0 aliphatic rings. The second-order valence-corrected chi connectivity index (χ2v) is 3.98. The molecule has 0 atom stereocenters. The Bertz CT molecular complexity index is 712. The summed E-state index contributed by atoms with van der Waals surface area (Å²) in [7, 11) is 1.40. The number of halogens is 1. The van der Waals surface area contributed by atoms with Crippen LogP contribution in [0.4, 0.5) is 4.39 Å². The van der Waals surface area contributed by atoms with Crippen LogP contribution in [0.5, 0.6) is 5.88 Å². The van der Waals surface area contributed by atoms with Gasteiger partial charge in [0, 0.05) is 17.7 Å². The van der Waals surface area contributed by atoms with Crippen molar-refractivity contribution in [1.29, 1.82) is 0 Å². The predicted octanol–water partition coefficient (Wildman–Crippen LogP) is 1.14. The van der Waals surface area contributed by atoms with Gasteiger partial charge < -0.3 is 9.84 Å². The zero-order valence-electron chi connectivity index (χ0n) is 10.5. The van der Waals surface area contributed by atoms with Gasteiger partial charge in [-0.1, -0.05) is 6.07 Å². The quantitative estimate of drug-likeness (QED) is 0.906. The summed E-state index contributed by atoms with van der Waals surface area (Å²) in [6.07, 6.45) is 0. The molecule has 1 N–H and O–H groups in total. The van der Waals surface area contributed by atoms with Crippen molar-refractivity contribution in [1.82, 2.24) is 9.78 Å². The van der Waals surface area contributed by atoms with Crippen LogP contribution in [0.25, 0.3) is 0 Å². The van der Waals surface area contributed by atoms with Crippen LogP contribution in [0, 0.1) is 5.82 Å². The molecule has 104 valence electrons. The Morgan fingerprint density at radius 1 is 1.40 bits per heavy atom. The lowest BCUT2D eigenvalue weighted by atomic mass is 10.1. The number of rotatable bonds is 4. The highest BCUT2D eigenvalue weighted by Crippen LogP contribution is 2.12. The summed E-state index contributed by atoms with van der Waals surface area (Å²) in [4.78, 5) is 22.3. The summed E-state index contributed by atoms with van der Waals surface area (Å²) in [5.74, 6) is -1.69. The molecule has 0 aliphatic carbocycles. The molecule has 6 nitrogen and oxygen atoms in total. The molecule has 20 heavy (non-hydrogen) atoms. The monoisotopic (exact) mass is 278 g/mol. The van der Waals surface area contributed by atoms with Gasteiger partial charge in [-0.2, -0.15) is 0 Å². The van der Waals surface area contributed by atoms with Gasteiger partial charge in [0.25, 0.3) is 5.56 Å². The first-order valence-electron chi connectivity index (χ1n) is 5.65. The van der Waals surface area contributed by atoms with Gasteiger partial charge in [0.05, 0.1) is 19.2 Å². The molecule has 0 spiro atoms. The minimum absolute atomic E-state index is 0.109. The number of nitrogens with zero attached hydrogens (tertiary/aromatic N) is 2. The Morgan fingerprint density at radius 2 is 2.15 bits per heavy atom. The fraction of sp³-hybridized carbons (Fsp3) is 0.154. The molecule has 0 bridgehead atoms. The fourth-order valence-electron chi connectivity index (χ4n) is 1.62. The maximum Gasteiger partial charge on any atom is 0.335 e. The molecule has 0 unspecified atom stereocenters. The van der Waals surface area contributed by atoms with Gasteiger partial charge in [-0.25, -0.2) is 13.9 Å². The summed E-state index contributed by atoms with van der Waals surface area (Å²) in [6, 6.07) is 6.15. The van der Waals surface area contributed by atoms with Crippen LogP contribution in [0.2, 0.25) is 0 Å². The second-order valence-electron chi connectivity index (χ2n) is 3.98. The Morgan fingerprint density at radius 3 is 2.75 bits per heavy atom. The summed E-state index contributed by atoms with van der Waals surface area (Å²) in [5.41, 5.74) is -0.400. The van der Waals surface area contributed by atoms with E-state index in [0.29, 0.717) is 0 Å². The van der Waals surface area contributed by atoms with Crippen LogP contribution in [-0.2, 0) is 6.54 Å². The zero-order chi connectivity index (χ0) is 14.7.